The van der Waals surface area contributed by atoms with E-state index < -0.39 is 10.0 Å². The van der Waals surface area contributed by atoms with Crippen LogP contribution < -0.4 is 15.4 Å². The van der Waals surface area contributed by atoms with E-state index in [-0.39, 0.29) is 15.1 Å². The molecule has 0 unspecified atom stereocenters. The van der Waals surface area contributed by atoms with Gasteiger partial charge in [-0.25, -0.2) is 18.1 Å². The number of thiophene rings is 1. The molecule has 2 heterocycles. The molecule has 2 aromatic carbocycles. The molecule has 0 saturated heterocycles. The van der Waals surface area contributed by atoms with Crippen molar-refractivity contribution in [2.45, 2.75) is 30.6 Å². The topological polar surface area (TPSA) is 96.0 Å². The van der Waals surface area contributed by atoms with E-state index in [2.05, 4.69) is 15.4 Å². The molecule has 4 aromatic rings. The van der Waals surface area contributed by atoms with Crippen LogP contribution in [-0.4, -0.2) is 31.5 Å². The van der Waals surface area contributed by atoms with Gasteiger partial charge in [0, 0.05) is 29.2 Å². The quantitative estimate of drug-likeness (QED) is 0.181. The summed E-state index contributed by atoms with van der Waals surface area (Å²) in [5.41, 5.74) is 1.74. The van der Waals surface area contributed by atoms with Crippen LogP contribution >= 0.6 is 46.1 Å². The van der Waals surface area contributed by atoms with Gasteiger partial charge >= 0.3 is 0 Å². The molecule has 3 N–H and O–H groups in total. The summed E-state index contributed by atoms with van der Waals surface area (Å²) < 4.78 is 28.4. The Balaban J connectivity index is 1.16. The summed E-state index contributed by atoms with van der Waals surface area (Å²) in [6.07, 6.45) is 3.87. The maximum absolute atomic E-state index is 12.6. The van der Waals surface area contributed by atoms with Gasteiger partial charge < -0.3 is 10.6 Å². The van der Waals surface area contributed by atoms with Crippen LogP contribution in [0.25, 0.3) is 10.9 Å². The molecule has 1 fully saturated rings. The van der Waals surface area contributed by atoms with Gasteiger partial charge in [0.15, 0.2) is 0 Å². The fourth-order valence-corrected chi connectivity index (χ4v) is 8.00. The monoisotopic (exact) mass is 609 g/mol. The highest BCUT2D eigenvalue weighted by Gasteiger charge is 2.25. The summed E-state index contributed by atoms with van der Waals surface area (Å²) in [4.78, 5) is 9.50. The van der Waals surface area contributed by atoms with Crippen molar-refractivity contribution in [3.63, 3.8) is 0 Å². The summed E-state index contributed by atoms with van der Waals surface area (Å²) >= 11 is 19.0. The van der Waals surface area contributed by atoms with Gasteiger partial charge in [-0.3, -0.25) is 0 Å². The maximum atomic E-state index is 12.6. The average molecular weight is 611 g/mol. The predicted octanol–water partition coefficient (Wildman–Crippen LogP) is 7.59. The molecular weight excluding hydrogens is 585 g/mol. The standard InChI is InChI=1S/C26H26Cl3N5O2S2/c27-18-9-11-19(12-10-18)32-25-20-3-1-2-4-21(20)33-26(34-25)30-14-16-5-7-17(8-6-16)15-31-38(35,36)22-13-23(28)37-24(22)29/h1-4,9-13,16-17,31H,5-8,14-15H2,(H2,30,32,33,34). The van der Waals surface area contributed by atoms with E-state index >= 15 is 0 Å². The Morgan fingerprint density at radius 1 is 0.895 bits per heavy atom. The largest absolute Gasteiger partial charge is 0.354 e. The zero-order valence-corrected chi connectivity index (χ0v) is 24.2. The summed E-state index contributed by atoms with van der Waals surface area (Å²) in [5.74, 6) is 2.03. The molecule has 0 radical (unpaired) electrons. The Bertz CT molecular complexity index is 1520. The van der Waals surface area contributed by atoms with Gasteiger partial charge in [0.25, 0.3) is 0 Å². The minimum Gasteiger partial charge on any atom is -0.354 e. The SMILES string of the molecule is O=S(=O)(NCC1CCC(CNc2nc(Nc3ccc(Cl)cc3)c3ccccc3n2)CC1)c1cc(Cl)sc1Cl. The maximum Gasteiger partial charge on any atom is 0.242 e. The number of aromatic nitrogens is 2. The van der Waals surface area contributed by atoms with Gasteiger partial charge in [-0.05, 0) is 80.0 Å². The summed E-state index contributed by atoms with van der Waals surface area (Å²) in [7, 11) is -3.67. The van der Waals surface area contributed by atoms with Gasteiger partial charge in [0.2, 0.25) is 16.0 Å². The Labute approximate surface area is 241 Å². The van der Waals surface area contributed by atoms with E-state index in [1.54, 1.807) is 0 Å². The molecule has 1 saturated carbocycles. The van der Waals surface area contributed by atoms with Crippen molar-refractivity contribution in [2.24, 2.45) is 11.8 Å². The highest BCUT2D eigenvalue weighted by Crippen LogP contribution is 2.35. The molecule has 5 rings (SSSR count). The van der Waals surface area contributed by atoms with Crippen LogP contribution in [0.15, 0.2) is 59.5 Å². The third kappa shape index (κ3) is 6.70. The first-order chi connectivity index (χ1) is 18.3. The highest BCUT2D eigenvalue weighted by atomic mass is 35.5. The lowest BCUT2D eigenvalue weighted by atomic mass is 9.82. The number of fused-ring (bicyclic) bond motifs is 1. The van der Waals surface area contributed by atoms with E-state index in [0.717, 1.165) is 66.0 Å². The zero-order valence-electron chi connectivity index (χ0n) is 20.3. The Morgan fingerprint density at radius 3 is 2.26 bits per heavy atom. The third-order valence-electron chi connectivity index (χ3n) is 6.70. The van der Waals surface area contributed by atoms with Crippen molar-refractivity contribution in [1.29, 1.82) is 0 Å². The van der Waals surface area contributed by atoms with E-state index in [9.17, 15) is 8.42 Å². The molecule has 12 heteroatoms. The number of nitrogens with one attached hydrogen (secondary N) is 3. The summed E-state index contributed by atoms with van der Waals surface area (Å²) in [6.45, 7) is 1.14. The van der Waals surface area contributed by atoms with E-state index in [1.807, 2.05) is 48.5 Å². The molecular formula is C26H26Cl3N5O2S2. The van der Waals surface area contributed by atoms with Crippen molar-refractivity contribution in [2.75, 3.05) is 23.7 Å². The van der Waals surface area contributed by atoms with Crippen LogP contribution in [0, 0.1) is 11.8 Å². The van der Waals surface area contributed by atoms with E-state index in [0.29, 0.717) is 27.8 Å². The second-order valence-corrected chi connectivity index (χ2v) is 13.8. The van der Waals surface area contributed by atoms with Crippen LogP contribution in [0.5, 0.6) is 0 Å². The molecule has 7 nitrogen and oxygen atoms in total. The van der Waals surface area contributed by atoms with Gasteiger partial charge in [-0.15, -0.1) is 11.3 Å². The molecule has 0 bridgehead atoms. The predicted molar refractivity (Wildman–Crippen MR) is 158 cm³/mol. The molecule has 0 atom stereocenters. The lowest BCUT2D eigenvalue weighted by molar-refractivity contribution is 0.284. The first-order valence-electron chi connectivity index (χ1n) is 12.2. The number of para-hydroxylation sites is 1. The van der Waals surface area contributed by atoms with E-state index in [4.69, 9.17) is 44.8 Å². The number of sulfonamides is 1. The van der Waals surface area contributed by atoms with Gasteiger partial charge in [0.1, 0.15) is 15.0 Å². The minimum atomic E-state index is -3.67. The van der Waals surface area contributed by atoms with Crippen LogP contribution in [0.2, 0.25) is 13.7 Å². The van der Waals surface area contributed by atoms with Crippen LogP contribution in [0.1, 0.15) is 25.7 Å². The van der Waals surface area contributed by atoms with Crippen molar-refractivity contribution < 1.29 is 8.42 Å². The summed E-state index contributed by atoms with van der Waals surface area (Å²) in [6, 6.07) is 16.8. The number of hydrogen-bond acceptors (Lipinski definition) is 7. The average Bonchev–Trinajstić information content (AvgIpc) is 3.27. The first-order valence-corrected chi connectivity index (χ1v) is 15.7. The number of halogens is 3. The molecule has 38 heavy (non-hydrogen) atoms. The van der Waals surface area contributed by atoms with Gasteiger partial charge in [-0.1, -0.05) is 46.9 Å². The van der Waals surface area contributed by atoms with Crippen LogP contribution in [0.4, 0.5) is 17.5 Å². The second-order valence-electron chi connectivity index (χ2n) is 9.35. The fraction of sp³-hybridized carbons (Fsp3) is 0.308. The molecule has 200 valence electrons. The molecule has 0 spiro atoms. The second kappa shape index (κ2) is 11.9. The number of anilines is 3. The molecule has 2 aromatic heterocycles. The minimum absolute atomic E-state index is 0.0485. The van der Waals surface area contributed by atoms with Crippen molar-refractivity contribution in [1.82, 2.24) is 14.7 Å². The van der Waals surface area contributed by atoms with Crippen molar-refractivity contribution in [3.8, 4) is 0 Å². The lowest BCUT2D eigenvalue weighted by Gasteiger charge is -2.28. The first kappa shape index (κ1) is 27.4. The molecule has 0 amide bonds. The van der Waals surface area contributed by atoms with Crippen molar-refractivity contribution >= 4 is 84.5 Å². The Kier molecular flexibility index (Phi) is 8.62. The summed E-state index contributed by atoms with van der Waals surface area (Å²) in [5, 5.41) is 8.41. The number of hydrogen-bond donors (Lipinski definition) is 3. The number of nitrogens with zero attached hydrogens (tertiary/aromatic N) is 2. The van der Waals surface area contributed by atoms with Crippen LogP contribution in [-0.2, 0) is 10.0 Å². The normalized spacial score (nSPS) is 18.0. The molecule has 1 aliphatic rings. The fourth-order valence-electron chi connectivity index (χ4n) is 4.61. The molecule has 0 aliphatic heterocycles. The number of benzene rings is 2. The van der Waals surface area contributed by atoms with Gasteiger partial charge in [-0.2, -0.15) is 4.98 Å². The van der Waals surface area contributed by atoms with E-state index in [1.165, 1.54) is 6.07 Å². The lowest BCUT2D eigenvalue weighted by Crippen LogP contribution is -2.32. The van der Waals surface area contributed by atoms with Crippen molar-refractivity contribution in [3.05, 3.63) is 68.3 Å². The Morgan fingerprint density at radius 2 is 1.58 bits per heavy atom. The van der Waals surface area contributed by atoms with Gasteiger partial charge in [0.05, 0.1) is 9.85 Å². The molecule has 1 aliphatic carbocycles. The Hall–Kier alpha value is -2.14. The van der Waals surface area contributed by atoms with Crippen LogP contribution in [0.3, 0.4) is 0 Å². The number of rotatable bonds is 9. The highest BCUT2D eigenvalue weighted by molar-refractivity contribution is 7.89. The third-order valence-corrected chi connectivity index (χ3v) is 10.1. The zero-order chi connectivity index (χ0) is 26.7. The smallest absolute Gasteiger partial charge is 0.242 e.